The Labute approximate surface area is 161 Å². The number of aryl methyl sites for hydroxylation is 2. The van der Waals surface area contributed by atoms with Crippen molar-refractivity contribution in [3.05, 3.63) is 81.8 Å². The summed E-state index contributed by atoms with van der Waals surface area (Å²) in [6.45, 7) is 4.73. The summed E-state index contributed by atoms with van der Waals surface area (Å²) in [7, 11) is 0. The van der Waals surface area contributed by atoms with Gasteiger partial charge >= 0.3 is 0 Å². The van der Waals surface area contributed by atoms with Gasteiger partial charge in [0.15, 0.2) is 0 Å². The van der Waals surface area contributed by atoms with E-state index in [2.05, 4.69) is 70.9 Å². The van der Waals surface area contributed by atoms with Gasteiger partial charge < -0.3 is 5.32 Å². The first-order chi connectivity index (χ1) is 13.1. The van der Waals surface area contributed by atoms with E-state index in [1.165, 1.54) is 32.5 Å². The van der Waals surface area contributed by atoms with E-state index in [4.69, 9.17) is 0 Å². The molecule has 6 heteroatoms. The van der Waals surface area contributed by atoms with E-state index in [1.54, 1.807) is 6.07 Å². The number of nitrogens with one attached hydrogen (secondary N) is 1. The molecule has 0 amide bonds. The zero-order valence-electron chi connectivity index (χ0n) is 15.3. The second-order valence-electron chi connectivity index (χ2n) is 6.46. The number of anilines is 1. The third-order valence-corrected chi connectivity index (χ3v) is 5.28. The van der Waals surface area contributed by atoms with Gasteiger partial charge in [-0.1, -0.05) is 72.4 Å². The predicted octanol–water partition coefficient (Wildman–Crippen LogP) is 4.30. The van der Waals surface area contributed by atoms with E-state index in [0.717, 1.165) is 17.7 Å². The Kier molecular flexibility index (Phi) is 4.73. The number of nitrogens with zero attached hydrogens (tertiary/aromatic N) is 3. The fraction of sp³-hybridized carbons (Fsp3) is 0.190. The van der Waals surface area contributed by atoms with E-state index in [0.29, 0.717) is 16.6 Å². The number of hydrogen-bond donors (Lipinski definition) is 1. The van der Waals surface area contributed by atoms with E-state index in [1.807, 2.05) is 6.92 Å². The van der Waals surface area contributed by atoms with Crippen LogP contribution in [0.2, 0.25) is 0 Å². The minimum absolute atomic E-state index is 0.136. The van der Waals surface area contributed by atoms with Gasteiger partial charge in [0.25, 0.3) is 5.56 Å². The Balaban J connectivity index is 1.49. The van der Waals surface area contributed by atoms with Crippen molar-refractivity contribution in [2.75, 3.05) is 5.32 Å². The molecule has 4 rings (SSSR count). The SMILES string of the molecule is CCc1cc(=O)n2nc(NCc3ccc(-c4cccc(C)c4)cc3)sc2n1. The summed E-state index contributed by atoms with van der Waals surface area (Å²) < 4.78 is 1.35. The lowest BCUT2D eigenvalue weighted by Crippen LogP contribution is -2.15. The lowest BCUT2D eigenvalue weighted by Gasteiger charge is -2.06. The standard InChI is InChI=1S/C21H20N4OS/c1-3-18-12-19(26)25-21(23-18)27-20(24-25)22-13-15-7-9-16(10-8-15)17-6-4-5-14(2)11-17/h4-12H,3,13H2,1-2H3,(H,22,24). The maximum absolute atomic E-state index is 12.1. The van der Waals surface area contributed by atoms with Gasteiger partial charge in [0.2, 0.25) is 10.1 Å². The molecule has 0 aliphatic carbocycles. The van der Waals surface area contributed by atoms with Gasteiger partial charge in [-0.2, -0.15) is 4.52 Å². The van der Waals surface area contributed by atoms with Crippen LogP contribution in [0.3, 0.4) is 0 Å². The molecule has 0 bridgehead atoms. The average Bonchev–Trinajstić information content (AvgIpc) is 3.10. The Hall–Kier alpha value is -2.99. The van der Waals surface area contributed by atoms with Crippen LogP contribution < -0.4 is 10.9 Å². The smallest absolute Gasteiger partial charge is 0.275 e. The Morgan fingerprint density at radius 2 is 1.89 bits per heavy atom. The molecule has 2 aromatic carbocycles. The van der Waals surface area contributed by atoms with Crippen LogP contribution in [0.5, 0.6) is 0 Å². The van der Waals surface area contributed by atoms with E-state index < -0.39 is 0 Å². The van der Waals surface area contributed by atoms with Crippen molar-refractivity contribution in [1.29, 1.82) is 0 Å². The largest absolute Gasteiger partial charge is 0.356 e. The van der Waals surface area contributed by atoms with Crippen LogP contribution in [-0.4, -0.2) is 14.6 Å². The van der Waals surface area contributed by atoms with Gasteiger partial charge in [-0.3, -0.25) is 4.79 Å². The van der Waals surface area contributed by atoms with Crippen LogP contribution in [0.4, 0.5) is 5.13 Å². The number of hydrogen-bond acceptors (Lipinski definition) is 5. The first-order valence-corrected chi connectivity index (χ1v) is 9.73. The summed E-state index contributed by atoms with van der Waals surface area (Å²) >= 11 is 1.39. The summed E-state index contributed by atoms with van der Waals surface area (Å²) in [6.07, 6.45) is 0.736. The van der Waals surface area contributed by atoms with Crippen LogP contribution in [0.15, 0.2) is 59.4 Å². The Bertz CT molecular complexity index is 1150. The number of fused-ring (bicyclic) bond motifs is 1. The molecule has 0 aliphatic heterocycles. The van der Waals surface area contributed by atoms with Gasteiger partial charge in [-0.25, -0.2) is 4.98 Å². The molecule has 0 spiro atoms. The molecule has 27 heavy (non-hydrogen) atoms. The van der Waals surface area contributed by atoms with Crippen molar-refractivity contribution in [3.8, 4) is 11.1 Å². The number of benzene rings is 2. The molecule has 2 aromatic heterocycles. The van der Waals surface area contributed by atoms with Crippen molar-refractivity contribution < 1.29 is 0 Å². The lowest BCUT2D eigenvalue weighted by atomic mass is 10.0. The van der Waals surface area contributed by atoms with Crippen LogP contribution >= 0.6 is 11.3 Å². The highest BCUT2D eigenvalue weighted by Crippen LogP contribution is 2.22. The minimum Gasteiger partial charge on any atom is -0.356 e. The molecule has 0 unspecified atom stereocenters. The van der Waals surface area contributed by atoms with E-state index >= 15 is 0 Å². The van der Waals surface area contributed by atoms with Crippen molar-refractivity contribution in [1.82, 2.24) is 14.6 Å². The maximum atomic E-state index is 12.1. The van der Waals surface area contributed by atoms with Gasteiger partial charge in [0, 0.05) is 18.3 Å². The molecule has 1 N–H and O–H groups in total. The zero-order valence-corrected chi connectivity index (χ0v) is 16.1. The number of rotatable bonds is 5. The normalized spacial score (nSPS) is 11.0. The second-order valence-corrected chi connectivity index (χ2v) is 7.42. The minimum atomic E-state index is -0.136. The third kappa shape index (κ3) is 3.75. The average molecular weight is 376 g/mol. The van der Waals surface area contributed by atoms with Crippen molar-refractivity contribution in [3.63, 3.8) is 0 Å². The summed E-state index contributed by atoms with van der Waals surface area (Å²) in [4.78, 5) is 17.2. The van der Waals surface area contributed by atoms with E-state index in [9.17, 15) is 4.79 Å². The summed E-state index contributed by atoms with van der Waals surface area (Å²) in [5.74, 6) is 0. The second kappa shape index (κ2) is 7.32. The highest BCUT2D eigenvalue weighted by atomic mass is 32.1. The van der Waals surface area contributed by atoms with Crippen LogP contribution in [0.1, 0.15) is 23.7 Å². The first-order valence-electron chi connectivity index (χ1n) is 8.92. The summed E-state index contributed by atoms with van der Waals surface area (Å²) in [5, 5.41) is 8.31. The molecule has 0 saturated carbocycles. The third-order valence-electron chi connectivity index (χ3n) is 4.41. The molecule has 0 radical (unpaired) electrons. The van der Waals surface area contributed by atoms with Gasteiger partial charge in [0.05, 0.1) is 0 Å². The molecule has 0 fully saturated rings. The monoisotopic (exact) mass is 376 g/mol. The molecule has 136 valence electrons. The Morgan fingerprint density at radius 3 is 2.63 bits per heavy atom. The maximum Gasteiger partial charge on any atom is 0.275 e. The van der Waals surface area contributed by atoms with Crippen LogP contribution in [0, 0.1) is 6.92 Å². The van der Waals surface area contributed by atoms with Crippen molar-refractivity contribution in [2.24, 2.45) is 0 Å². The van der Waals surface area contributed by atoms with Gasteiger partial charge in [-0.05, 0) is 30.0 Å². The molecular weight excluding hydrogens is 356 g/mol. The van der Waals surface area contributed by atoms with Gasteiger partial charge in [0.1, 0.15) is 0 Å². The highest BCUT2D eigenvalue weighted by Gasteiger charge is 2.08. The first kappa shape index (κ1) is 17.4. The van der Waals surface area contributed by atoms with Crippen molar-refractivity contribution in [2.45, 2.75) is 26.8 Å². The molecule has 0 atom stereocenters. The molecule has 2 heterocycles. The molecule has 0 aliphatic rings. The fourth-order valence-electron chi connectivity index (χ4n) is 2.93. The zero-order chi connectivity index (χ0) is 18.8. The molecule has 5 nitrogen and oxygen atoms in total. The molecular formula is C21H20N4OS. The summed E-state index contributed by atoms with van der Waals surface area (Å²) in [6, 6.07) is 18.5. The lowest BCUT2D eigenvalue weighted by molar-refractivity contribution is 0.874. The van der Waals surface area contributed by atoms with Crippen LogP contribution in [-0.2, 0) is 13.0 Å². The topological polar surface area (TPSA) is 59.3 Å². The quantitative estimate of drug-likeness (QED) is 0.564. The van der Waals surface area contributed by atoms with Crippen molar-refractivity contribution >= 4 is 21.4 Å². The Morgan fingerprint density at radius 1 is 1.07 bits per heavy atom. The fourth-order valence-corrected chi connectivity index (χ4v) is 3.75. The van der Waals surface area contributed by atoms with E-state index in [-0.39, 0.29) is 5.56 Å². The summed E-state index contributed by atoms with van der Waals surface area (Å²) in [5.41, 5.74) is 5.48. The van der Waals surface area contributed by atoms with Crippen LogP contribution in [0.25, 0.3) is 16.1 Å². The van der Waals surface area contributed by atoms with Gasteiger partial charge in [-0.15, -0.1) is 5.10 Å². The molecule has 0 saturated heterocycles. The molecule has 4 aromatic rings. The predicted molar refractivity (Wildman–Crippen MR) is 110 cm³/mol. The number of aromatic nitrogens is 3. The highest BCUT2D eigenvalue weighted by molar-refractivity contribution is 7.20.